The van der Waals surface area contributed by atoms with E-state index in [2.05, 4.69) is 4.98 Å². The summed E-state index contributed by atoms with van der Waals surface area (Å²) in [5.74, 6) is -0.0253. The fourth-order valence-corrected chi connectivity index (χ4v) is 4.28. The Morgan fingerprint density at radius 3 is 2.74 bits per heavy atom. The summed E-state index contributed by atoms with van der Waals surface area (Å²) in [4.78, 5) is 20.7. The molecule has 0 spiro atoms. The molecule has 23 heavy (non-hydrogen) atoms. The van der Waals surface area contributed by atoms with Gasteiger partial charge in [-0.15, -0.1) is 22.7 Å². The van der Waals surface area contributed by atoms with Crippen molar-refractivity contribution in [1.29, 1.82) is 0 Å². The van der Waals surface area contributed by atoms with Crippen molar-refractivity contribution in [2.24, 2.45) is 0 Å². The zero-order chi connectivity index (χ0) is 16.4. The van der Waals surface area contributed by atoms with Crippen molar-refractivity contribution in [2.45, 2.75) is 13.5 Å². The number of thiazole rings is 1. The van der Waals surface area contributed by atoms with Crippen LogP contribution in [0.4, 0.5) is 0 Å². The smallest absolute Gasteiger partial charge is 0.265 e. The number of rotatable bonds is 4. The first-order valence-electron chi connectivity index (χ1n) is 7.06. The molecule has 0 N–H and O–H groups in total. The standard InChI is InChI=1S/C17H15ClN2OS2/c1-11-15(23-16(19-11)14-8-5-9-22-14)17(21)20(2)10-12-6-3-4-7-13(12)18/h3-9H,10H2,1-2H3. The van der Waals surface area contributed by atoms with Gasteiger partial charge in [0.25, 0.3) is 5.91 Å². The highest BCUT2D eigenvalue weighted by molar-refractivity contribution is 7.22. The maximum Gasteiger partial charge on any atom is 0.265 e. The zero-order valence-electron chi connectivity index (χ0n) is 12.7. The van der Waals surface area contributed by atoms with Crippen molar-refractivity contribution < 1.29 is 4.79 Å². The SMILES string of the molecule is Cc1nc(-c2cccs2)sc1C(=O)N(C)Cc1ccccc1Cl. The van der Waals surface area contributed by atoms with Gasteiger partial charge in [0.05, 0.1) is 10.6 Å². The molecule has 118 valence electrons. The van der Waals surface area contributed by atoms with Gasteiger partial charge in [0.1, 0.15) is 9.88 Å². The van der Waals surface area contributed by atoms with Crippen LogP contribution in [-0.2, 0) is 6.54 Å². The normalized spacial score (nSPS) is 10.7. The molecular formula is C17H15ClN2OS2. The summed E-state index contributed by atoms with van der Waals surface area (Å²) >= 11 is 9.25. The Labute approximate surface area is 148 Å². The summed E-state index contributed by atoms with van der Waals surface area (Å²) in [7, 11) is 1.79. The van der Waals surface area contributed by atoms with E-state index in [1.54, 1.807) is 23.3 Å². The van der Waals surface area contributed by atoms with E-state index in [-0.39, 0.29) is 5.91 Å². The number of aromatic nitrogens is 1. The minimum absolute atomic E-state index is 0.0253. The fraction of sp³-hybridized carbons (Fsp3) is 0.176. The summed E-state index contributed by atoms with van der Waals surface area (Å²) in [5.41, 5.74) is 1.71. The van der Waals surface area contributed by atoms with E-state index in [0.29, 0.717) is 16.4 Å². The molecule has 0 saturated heterocycles. The molecule has 0 aliphatic carbocycles. The Morgan fingerprint density at radius 1 is 1.26 bits per heavy atom. The van der Waals surface area contributed by atoms with Gasteiger partial charge in [-0.3, -0.25) is 4.79 Å². The number of hydrogen-bond donors (Lipinski definition) is 0. The third kappa shape index (κ3) is 3.47. The van der Waals surface area contributed by atoms with E-state index < -0.39 is 0 Å². The number of nitrogens with zero attached hydrogens (tertiary/aromatic N) is 2. The summed E-state index contributed by atoms with van der Waals surface area (Å²) < 4.78 is 0. The van der Waals surface area contributed by atoms with E-state index in [1.165, 1.54) is 11.3 Å². The van der Waals surface area contributed by atoms with Crippen molar-refractivity contribution in [1.82, 2.24) is 9.88 Å². The van der Waals surface area contributed by atoms with Crippen LogP contribution in [0.5, 0.6) is 0 Å². The highest BCUT2D eigenvalue weighted by atomic mass is 35.5. The van der Waals surface area contributed by atoms with Crippen LogP contribution in [0.3, 0.4) is 0 Å². The topological polar surface area (TPSA) is 33.2 Å². The van der Waals surface area contributed by atoms with Crippen molar-refractivity contribution in [3.05, 3.63) is 62.9 Å². The van der Waals surface area contributed by atoms with Crippen molar-refractivity contribution in [3.8, 4) is 9.88 Å². The third-order valence-electron chi connectivity index (χ3n) is 3.43. The first-order chi connectivity index (χ1) is 11.1. The van der Waals surface area contributed by atoms with Gasteiger partial charge in [0.2, 0.25) is 0 Å². The molecule has 0 aliphatic rings. The predicted molar refractivity (Wildman–Crippen MR) is 97.4 cm³/mol. The molecule has 6 heteroatoms. The van der Waals surface area contributed by atoms with Gasteiger partial charge < -0.3 is 4.90 Å². The van der Waals surface area contributed by atoms with Gasteiger partial charge in [0.15, 0.2) is 0 Å². The number of benzene rings is 1. The molecule has 0 radical (unpaired) electrons. The lowest BCUT2D eigenvalue weighted by molar-refractivity contribution is 0.0789. The maximum absolute atomic E-state index is 12.7. The molecule has 3 rings (SSSR count). The molecule has 2 heterocycles. The zero-order valence-corrected chi connectivity index (χ0v) is 15.1. The van der Waals surface area contributed by atoms with Crippen LogP contribution >= 0.6 is 34.3 Å². The summed E-state index contributed by atoms with van der Waals surface area (Å²) in [6.45, 7) is 2.36. The van der Waals surface area contributed by atoms with Crippen molar-refractivity contribution in [3.63, 3.8) is 0 Å². The Morgan fingerprint density at radius 2 is 2.04 bits per heavy atom. The summed E-state index contributed by atoms with van der Waals surface area (Å²) in [6.07, 6.45) is 0. The predicted octanol–water partition coefficient (Wildman–Crippen LogP) is 5.11. The van der Waals surface area contributed by atoms with Gasteiger partial charge in [-0.1, -0.05) is 35.9 Å². The van der Waals surface area contributed by atoms with Crippen LogP contribution in [0.2, 0.25) is 5.02 Å². The number of hydrogen-bond acceptors (Lipinski definition) is 4. The van der Waals surface area contributed by atoms with E-state index in [1.807, 2.05) is 48.7 Å². The molecule has 0 fully saturated rings. The second-order valence-electron chi connectivity index (χ2n) is 5.16. The number of amides is 1. The Kier molecular flexibility index (Phi) is 4.80. The van der Waals surface area contributed by atoms with Gasteiger partial charge in [-0.05, 0) is 30.0 Å². The molecule has 2 aromatic heterocycles. The fourth-order valence-electron chi connectivity index (χ4n) is 2.23. The highest BCUT2D eigenvalue weighted by Crippen LogP contribution is 2.31. The van der Waals surface area contributed by atoms with Gasteiger partial charge in [-0.25, -0.2) is 4.98 Å². The number of aryl methyl sites for hydroxylation is 1. The van der Waals surface area contributed by atoms with E-state index >= 15 is 0 Å². The van der Waals surface area contributed by atoms with Crippen LogP contribution in [-0.4, -0.2) is 22.8 Å². The van der Waals surface area contributed by atoms with Crippen LogP contribution < -0.4 is 0 Å². The lowest BCUT2D eigenvalue weighted by atomic mass is 10.2. The third-order valence-corrected chi connectivity index (χ3v) is 5.99. The summed E-state index contributed by atoms with van der Waals surface area (Å²) in [5, 5.41) is 3.58. The molecular weight excluding hydrogens is 348 g/mol. The maximum atomic E-state index is 12.7. The minimum Gasteiger partial charge on any atom is -0.337 e. The van der Waals surface area contributed by atoms with Crippen LogP contribution in [0, 0.1) is 6.92 Å². The monoisotopic (exact) mass is 362 g/mol. The quantitative estimate of drug-likeness (QED) is 0.646. The van der Waals surface area contributed by atoms with Crippen LogP contribution in [0.1, 0.15) is 20.9 Å². The highest BCUT2D eigenvalue weighted by Gasteiger charge is 2.20. The number of thiophene rings is 1. The lowest BCUT2D eigenvalue weighted by Gasteiger charge is -2.17. The molecule has 3 nitrogen and oxygen atoms in total. The van der Waals surface area contributed by atoms with Crippen LogP contribution in [0.15, 0.2) is 41.8 Å². The molecule has 0 unspecified atom stereocenters. The number of carbonyl (C=O) groups excluding carboxylic acids is 1. The van der Waals surface area contributed by atoms with Crippen molar-refractivity contribution >= 4 is 40.2 Å². The molecule has 0 bridgehead atoms. The molecule has 0 saturated carbocycles. The number of halogens is 1. The molecule has 0 aliphatic heterocycles. The minimum atomic E-state index is -0.0253. The van der Waals surface area contributed by atoms with E-state index in [0.717, 1.165) is 21.1 Å². The van der Waals surface area contributed by atoms with Gasteiger partial charge in [-0.2, -0.15) is 0 Å². The number of carbonyl (C=O) groups is 1. The Balaban J connectivity index is 1.81. The average Bonchev–Trinajstić information content (AvgIpc) is 3.18. The summed E-state index contributed by atoms with van der Waals surface area (Å²) in [6, 6.07) is 11.6. The Hall–Kier alpha value is -1.69. The molecule has 3 aromatic rings. The molecule has 1 amide bonds. The van der Waals surface area contributed by atoms with E-state index in [9.17, 15) is 4.79 Å². The average molecular weight is 363 g/mol. The lowest BCUT2D eigenvalue weighted by Crippen LogP contribution is -2.26. The van der Waals surface area contributed by atoms with Gasteiger partial charge >= 0.3 is 0 Å². The van der Waals surface area contributed by atoms with Crippen LogP contribution in [0.25, 0.3) is 9.88 Å². The second-order valence-corrected chi connectivity index (χ2v) is 7.52. The van der Waals surface area contributed by atoms with Crippen molar-refractivity contribution in [2.75, 3.05) is 7.05 Å². The molecule has 1 aromatic carbocycles. The second kappa shape index (κ2) is 6.83. The first-order valence-corrected chi connectivity index (χ1v) is 9.14. The van der Waals surface area contributed by atoms with E-state index in [4.69, 9.17) is 11.6 Å². The Bertz CT molecular complexity index is 827. The molecule has 0 atom stereocenters. The first kappa shape index (κ1) is 16.2. The largest absolute Gasteiger partial charge is 0.337 e. The van der Waals surface area contributed by atoms with Gasteiger partial charge in [0, 0.05) is 18.6 Å².